The number of ether oxygens (including phenoxy) is 1. The third kappa shape index (κ3) is 1.50. The van der Waals surface area contributed by atoms with E-state index in [0.717, 1.165) is 0 Å². The predicted molar refractivity (Wildman–Crippen MR) is 64.6 cm³/mol. The van der Waals surface area contributed by atoms with Crippen molar-refractivity contribution in [1.82, 2.24) is 0 Å². The molecule has 1 heterocycles. The van der Waals surface area contributed by atoms with E-state index >= 15 is 0 Å². The summed E-state index contributed by atoms with van der Waals surface area (Å²) in [6.45, 7) is 0. The predicted octanol–water partition coefficient (Wildman–Crippen LogP) is 1.47. The van der Waals surface area contributed by atoms with Crippen molar-refractivity contribution in [2.24, 2.45) is 0 Å². The summed E-state index contributed by atoms with van der Waals surface area (Å²) in [5.74, 6) is 0.223. The number of benzene rings is 1. The summed E-state index contributed by atoms with van der Waals surface area (Å²) in [4.78, 5) is 13.5. The van der Waals surface area contributed by atoms with Crippen LogP contribution in [-0.2, 0) is 4.79 Å². The van der Waals surface area contributed by atoms with Crippen molar-refractivity contribution >= 4 is 17.2 Å². The third-order valence-electron chi connectivity index (χ3n) is 2.83. The molecule has 1 amide bonds. The molecule has 18 heavy (non-hydrogen) atoms. The Morgan fingerprint density at radius 1 is 1.33 bits per heavy atom. The van der Waals surface area contributed by atoms with Gasteiger partial charge in [0.05, 0.1) is 18.4 Å². The molecule has 0 unspecified atom stereocenters. The Bertz CT molecular complexity index is 631. The number of carbonyl (C=O) groups is 1. The monoisotopic (exact) mass is 239 g/mol. The zero-order chi connectivity index (χ0) is 13.3. The zero-order valence-corrected chi connectivity index (χ0v) is 9.89. The molecule has 0 aromatic heterocycles. The summed E-state index contributed by atoms with van der Waals surface area (Å²) in [6, 6.07) is 8.61. The Morgan fingerprint density at radius 2 is 2.00 bits per heavy atom. The number of hydrogen-bond donors (Lipinski definition) is 0. The first-order valence-electron chi connectivity index (χ1n) is 5.15. The summed E-state index contributed by atoms with van der Waals surface area (Å²) in [5.41, 5.74) is 1.18. The number of likely N-dealkylation sites (N-methyl/N-ethyl adjacent to an activating group) is 1. The molecule has 1 aliphatic heterocycles. The molecular formula is C13H9N3O2. The smallest absolute Gasteiger partial charge is 0.260 e. The molecule has 0 spiro atoms. The SMILES string of the molecule is COc1ccc2c(c1)C(=C(C#N)C#N)C(=O)N2C. The van der Waals surface area contributed by atoms with Gasteiger partial charge in [-0.2, -0.15) is 10.5 Å². The number of amides is 1. The molecule has 0 bridgehead atoms. The Morgan fingerprint density at radius 3 is 2.56 bits per heavy atom. The van der Waals surface area contributed by atoms with Crippen molar-refractivity contribution in [1.29, 1.82) is 10.5 Å². The fourth-order valence-electron chi connectivity index (χ4n) is 1.91. The average molecular weight is 239 g/mol. The van der Waals surface area contributed by atoms with Crippen molar-refractivity contribution < 1.29 is 9.53 Å². The van der Waals surface area contributed by atoms with Crippen LogP contribution in [0.3, 0.4) is 0 Å². The van der Waals surface area contributed by atoms with Crippen LogP contribution in [0.2, 0.25) is 0 Å². The Labute approximate surface area is 104 Å². The maximum atomic E-state index is 12.0. The first kappa shape index (κ1) is 11.7. The fourth-order valence-corrected chi connectivity index (χ4v) is 1.91. The van der Waals surface area contributed by atoms with Crippen LogP contribution in [0.1, 0.15) is 5.56 Å². The molecule has 1 aliphatic rings. The lowest BCUT2D eigenvalue weighted by Crippen LogP contribution is -2.20. The van der Waals surface area contributed by atoms with Gasteiger partial charge in [-0.1, -0.05) is 0 Å². The summed E-state index contributed by atoms with van der Waals surface area (Å²) in [7, 11) is 3.12. The minimum atomic E-state index is -0.351. The van der Waals surface area contributed by atoms with Crippen molar-refractivity contribution in [3.05, 3.63) is 29.3 Å². The molecule has 1 aromatic carbocycles. The fraction of sp³-hybridized carbons (Fsp3) is 0.154. The van der Waals surface area contributed by atoms with Crippen LogP contribution in [0.5, 0.6) is 5.75 Å². The second kappa shape index (κ2) is 4.23. The average Bonchev–Trinajstić information content (AvgIpc) is 2.65. The number of allylic oxidation sites excluding steroid dienone is 1. The first-order valence-corrected chi connectivity index (χ1v) is 5.15. The normalized spacial score (nSPS) is 12.8. The van der Waals surface area contributed by atoms with Gasteiger partial charge < -0.3 is 9.64 Å². The molecule has 5 heteroatoms. The highest BCUT2D eigenvalue weighted by molar-refractivity contribution is 6.34. The highest BCUT2D eigenvalue weighted by Crippen LogP contribution is 2.39. The van der Waals surface area contributed by atoms with Crippen LogP contribution in [0.25, 0.3) is 5.57 Å². The summed E-state index contributed by atoms with van der Waals surface area (Å²) in [6.07, 6.45) is 0. The minimum Gasteiger partial charge on any atom is -0.497 e. The number of carbonyl (C=O) groups excluding carboxylic acids is 1. The molecule has 0 fully saturated rings. The number of hydrogen-bond acceptors (Lipinski definition) is 4. The van der Waals surface area contributed by atoms with E-state index in [9.17, 15) is 4.79 Å². The van der Waals surface area contributed by atoms with Crippen molar-refractivity contribution in [2.75, 3.05) is 19.1 Å². The molecule has 0 aliphatic carbocycles. The van der Waals surface area contributed by atoms with Gasteiger partial charge in [0.15, 0.2) is 0 Å². The zero-order valence-electron chi connectivity index (χ0n) is 9.89. The largest absolute Gasteiger partial charge is 0.497 e. The maximum Gasteiger partial charge on any atom is 0.260 e. The van der Waals surface area contributed by atoms with Gasteiger partial charge in [-0.05, 0) is 18.2 Å². The van der Waals surface area contributed by atoms with Crippen LogP contribution >= 0.6 is 0 Å². The lowest BCUT2D eigenvalue weighted by molar-refractivity contribution is -0.112. The topological polar surface area (TPSA) is 77.1 Å². The van der Waals surface area contributed by atoms with E-state index in [-0.39, 0.29) is 17.1 Å². The van der Waals surface area contributed by atoms with Crippen LogP contribution < -0.4 is 9.64 Å². The molecule has 0 saturated heterocycles. The number of nitrogens with zero attached hydrogens (tertiary/aromatic N) is 3. The molecule has 0 saturated carbocycles. The van der Waals surface area contributed by atoms with E-state index in [1.165, 1.54) is 12.0 Å². The van der Waals surface area contributed by atoms with Crippen LogP contribution in [0, 0.1) is 22.7 Å². The van der Waals surface area contributed by atoms with Crippen LogP contribution in [-0.4, -0.2) is 20.1 Å². The van der Waals surface area contributed by atoms with E-state index < -0.39 is 0 Å². The molecule has 0 N–H and O–H groups in total. The minimum absolute atomic E-state index is 0.136. The van der Waals surface area contributed by atoms with E-state index in [1.54, 1.807) is 37.4 Å². The molecule has 0 atom stereocenters. The third-order valence-corrected chi connectivity index (χ3v) is 2.83. The standard InChI is InChI=1S/C13H9N3O2/c1-16-11-4-3-9(18-2)5-10(11)12(13(16)17)8(6-14)7-15/h3-5H,1-2H3. The van der Waals surface area contributed by atoms with Gasteiger partial charge >= 0.3 is 0 Å². The van der Waals surface area contributed by atoms with Gasteiger partial charge in [0.1, 0.15) is 23.5 Å². The van der Waals surface area contributed by atoms with Gasteiger partial charge in [-0.25, -0.2) is 0 Å². The van der Waals surface area contributed by atoms with E-state index in [2.05, 4.69) is 0 Å². The van der Waals surface area contributed by atoms with Crippen molar-refractivity contribution in [2.45, 2.75) is 0 Å². The van der Waals surface area contributed by atoms with Crippen molar-refractivity contribution in [3.8, 4) is 17.9 Å². The summed E-state index contributed by atoms with van der Waals surface area (Å²) < 4.78 is 5.09. The molecule has 2 rings (SSSR count). The Kier molecular flexibility index (Phi) is 2.75. The molecule has 88 valence electrons. The highest BCUT2D eigenvalue weighted by atomic mass is 16.5. The number of anilines is 1. The second-order valence-electron chi connectivity index (χ2n) is 3.72. The van der Waals surface area contributed by atoms with E-state index in [0.29, 0.717) is 17.0 Å². The molecule has 0 radical (unpaired) electrons. The molecular weight excluding hydrogens is 230 g/mol. The van der Waals surface area contributed by atoms with Gasteiger partial charge in [0, 0.05) is 12.6 Å². The van der Waals surface area contributed by atoms with E-state index in [1.807, 2.05) is 0 Å². The first-order chi connectivity index (χ1) is 8.63. The summed E-state index contributed by atoms with van der Waals surface area (Å²) >= 11 is 0. The van der Waals surface area contributed by atoms with Gasteiger partial charge in [0.25, 0.3) is 5.91 Å². The van der Waals surface area contributed by atoms with Gasteiger partial charge in [0.2, 0.25) is 0 Å². The van der Waals surface area contributed by atoms with E-state index in [4.69, 9.17) is 15.3 Å². The molecule has 1 aromatic rings. The quantitative estimate of drug-likeness (QED) is 0.549. The van der Waals surface area contributed by atoms with Crippen LogP contribution in [0.15, 0.2) is 23.8 Å². The van der Waals surface area contributed by atoms with Crippen LogP contribution in [0.4, 0.5) is 5.69 Å². The molecule has 5 nitrogen and oxygen atoms in total. The number of methoxy groups -OCH3 is 1. The number of nitriles is 2. The number of fused-ring (bicyclic) bond motifs is 1. The van der Waals surface area contributed by atoms with Gasteiger partial charge in [-0.3, -0.25) is 4.79 Å². The second-order valence-corrected chi connectivity index (χ2v) is 3.72. The lowest BCUT2D eigenvalue weighted by atomic mass is 10.0. The maximum absolute atomic E-state index is 12.0. The van der Waals surface area contributed by atoms with Gasteiger partial charge in [-0.15, -0.1) is 0 Å². The lowest BCUT2D eigenvalue weighted by Gasteiger charge is -2.09. The summed E-state index contributed by atoms with van der Waals surface area (Å²) in [5, 5.41) is 17.8. The van der Waals surface area contributed by atoms with Crippen molar-refractivity contribution in [3.63, 3.8) is 0 Å². The highest BCUT2D eigenvalue weighted by Gasteiger charge is 2.33. The number of rotatable bonds is 1. The Hall–Kier alpha value is -2.79. The Balaban J connectivity index is 2.76.